The number of benzene rings is 2. The van der Waals surface area contributed by atoms with E-state index in [0.29, 0.717) is 22.4 Å². The van der Waals surface area contributed by atoms with Crippen LogP contribution in [0.25, 0.3) is 6.08 Å². The smallest absolute Gasteiger partial charge is 0.241 e. The summed E-state index contributed by atoms with van der Waals surface area (Å²) in [6.45, 7) is 0.375. The van der Waals surface area contributed by atoms with E-state index in [1.165, 1.54) is 6.08 Å². The highest BCUT2D eigenvalue weighted by Gasteiger charge is 2.01. The van der Waals surface area contributed by atoms with Gasteiger partial charge in [0.2, 0.25) is 5.91 Å². The van der Waals surface area contributed by atoms with E-state index in [1.54, 1.807) is 18.2 Å². The summed E-state index contributed by atoms with van der Waals surface area (Å²) in [5.41, 5.74) is 6.81. The summed E-state index contributed by atoms with van der Waals surface area (Å²) >= 11 is 11.8. The number of ether oxygens (including phenoxy) is 1. The quantitative estimate of drug-likeness (QED) is 0.844. The molecule has 0 aliphatic carbocycles. The Labute approximate surface area is 132 Å². The fourth-order valence-electron chi connectivity index (χ4n) is 1.68. The molecule has 2 aromatic carbocycles. The van der Waals surface area contributed by atoms with Crippen LogP contribution in [0.15, 0.2) is 48.5 Å². The molecule has 0 aliphatic rings. The summed E-state index contributed by atoms with van der Waals surface area (Å²) in [5, 5.41) is 1.01. The maximum atomic E-state index is 10.7. The molecule has 0 spiro atoms. The van der Waals surface area contributed by atoms with Crippen LogP contribution in [-0.4, -0.2) is 5.91 Å². The molecule has 0 aliphatic heterocycles. The Bertz CT molecular complexity index is 684. The summed E-state index contributed by atoms with van der Waals surface area (Å²) in [6.07, 6.45) is 2.94. The fourth-order valence-corrected chi connectivity index (χ4v) is 2.00. The second-order valence-corrected chi connectivity index (χ2v) is 5.16. The van der Waals surface area contributed by atoms with Crippen LogP contribution in [0.3, 0.4) is 0 Å². The van der Waals surface area contributed by atoms with Gasteiger partial charge in [-0.15, -0.1) is 0 Å². The van der Waals surface area contributed by atoms with Crippen LogP contribution < -0.4 is 10.5 Å². The predicted molar refractivity (Wildman–Crippen MR) is 85.5 cm³/mol. The monoisotopic (exact) mass is 321 g/mol. The van der Waals surface area contributed by atoms with Crippen molar-refractivity contribution in [3.63, 3.8) is 0 Å². The zero-order chi connectivity index (χ0) is 15.2. The molecule has 3 nitrogen and oxygen atoms in total. The Kier molecular flexibility index (Phi) is 5.26. The lowest BCUT2D eigenvalue weighted by molar-refractivity contribution is -0.113. The van der Waals surface area contributed by atoms with Crippen molar-refractivity contribution in [2.45, 2.75) is 6.61 Å². The molecule has 2 aromatic rings. The number of primary amides is 1. The van der Waals surface area contributed by atoms with Gasteiger partial charge in [0.15, 0.2) is 0 Å². The van der Waals surface area contributed by atoms with Crippen molar-refractivity contribution in [2.24, 2.45) is 5.73 Å². The number of carbonyl (C=O) groups excluding carboxylic acids is 1. The summed E-state index contributed by atoms with van der Waals surface area (Å²) in [5.74, 6) is 0.199. The zero-order valence-corrected chi connectivity index (χ0v) is 12.6. The Hall–Kier alpha value is -1.97. The Balaban J connectivity index is 2.04. The maximum Gasteiger partial charge on any atom is 0.241 e. The third kappa shape index (κ3) is 4.81. The van der Waals surface area contributed by atoms with Crippen molar-refractivity contribution >= 4 is 35.2 Å². The van der Waals surface area contributed by atoms with Gasteiger partial charge in [0.05, 0.1) is 10.0 Å². The normalized spacial score (nSPS) is 10.8. The standard InChI is InChI=1S/C16H13Cl2NO2/c17-14-6-4-12(9-15(14)18)10-21-13-3-1-2-11(8-13)5-7-16(19)20/h1-9H,10H2,(H2,19,20)/b7-5-. The second kappa shape index (κ2) is 7.16. The minimum atomic E-state index is -0.489. The van der Waals surface area contributed by atoms with Crippen LogP contribution >= 0.6 is 23.2 Å². The van der Waals surface area contributed by atoms with Gasteiger partial charge in [-0.05, 0) is 41.5 Å². The zero-order valence-electron chi connectivity index (χ0n) is 11.1. The fraction of sp³-hybridized carbons (Fsp3) is 0.0625. The van der Waals surface area contributed by atoms with E-state index >= 15 is 0 Å². The van der Waals surface area contributed by atoms with Gasteiger partial charge in [-0.1, -0.05) is 41.4 Å². The lowest BCUT2D eigenvalue weighted by Crippen LogP contribution is -2.05. The van der Waals surface area contributed by atoms with Gasteiger partial charge in [-0.25, -0.2) is 0 Å². The minimum Gasteiger partial charge on any atom is -0.489 e. The molecule has 0 atom stereocenters. The Morgan fingerprint density at radius 1 is 1.14 bits per heavy atom. The summed E-state index contributed by atoms with van der Waals surface area (Å²) < 4.78 is 5.68. The van der Waals surface area contributed by atoms with Gasteiger partial charge >= 0.3 is 0 Å². The van der Waals surface area contributed by atoms with E-state index in [4.69, 9.17) is 33.7 Å². The maximum absolute atomic E-state index is 10.7. The molecule has 0 bridgehead atoms. The molecule has 5 heteroatoms. The van der Waals surface area contributed by atoms with Crippen LogP contribution in [0.4, 0.5) is 0 Å². The SMILES string of the molecule is NC(=O)/C=C\c1cccc(OCc2ccc(Cl)c(Cl)c2)c1. The van der Waals surface area contributed by atoms with E-state index < -0.39 is 5.91 Å². The number of rotatable bonds is 5. The predicted octanol–water partition coefficient (Wildman–Crippen LogP) is 4.07. The van der Waals surface area contributed by atoms with Gasteiger partial charge in [0.25, 0.3) is 0 Å². The molecule has 21 heavy (non-hydrogen) atoms. The topological polar surface area (TPSA) is 52.3 Å². The highest BCUT2D eigenvalue weighted by atomic mass is 35.5. The van der Waals surface area contributed by atoms with Crippen LogP contribution in [0.2, 0.25) is 10.0 Å². The summed E-state index contributed by atoms with van der Waals surface area (Å²) in [7, 11) is 0. The number of nitrogens with two attached hydrogens (primary N) is 1. The van der Waals surface area contributed by atoms with Crippen LogP contribution in [0, 0.1) is 0 Å². The minimum absolute atomic E-state index is 0.375. The van der Waals surface area contributed by atoms with E-state index in [2.05, 4.69) is 0 Å². The first-order valence-electron chi connectivity index (χ1n) is 6.19. The lowest BCUT2D eigenvalue weighted by atomic mass is 10.2. The van der Waals surface area contributed by atoms with Gasteiger partial charge in [0, 0.05) is 6.08 Å². The van der Waals surface area contributed by atoms with Crippen molar-refractivity contribution in [2.75, 3.05) is 0 Å². The highest BCUT2D eigenvalue weighted by molar-refractivity contribution is 6.42. The average molecular weight is 322 g/mol. The first-order valence-corrected chi connectivity index (χ1v) is 6.94. The van der Waals surface area contributed by atoms with Crippen molar-refractivity contribution in [3.05, 3.63) is 69.7 Å². The molecule has 0 unspecified atom stereocenters. The second-order valence-electron chi connectivity index (χ2n) is 4.35. The molecule has 0 heterocycles. The van der Waals surface area contributed by atoms with Crippen molar-refractivity contribution < 1.29 is 9.53 Å². The van der Waals surface area contributed by atoms with Gasteiger partial charge in [0.1, 0.15) is 12.4 Å². The molecular weight excluding hydrogens is 309 g/mol. The molecule has 2 rings (SSSR count). The number of amides is 1. The Morgan fingerprint density at radius 3 is 2.67 bits per heavy atom. The van der Waals surface area contributed by atoms with Gasteiger partial charge in [-0.3, -0.25) is 4.79 Å². The van der Waals surface area contributed by atoms with Crippen LogP contribution in [0.1, 0.15) is 11.1 Å². The molecule has 0 aromatic heterocycles. The largest absolute Gasteiger partial charge is 0.489 e. The van der Waals surface area contributed by atoms with Gasteiger partial charge in [-0.2, -0.15) is 0 Å². The molecule has 108 valence electrons. The van der Waals surface area contributed by atoms with Crippen molar-refractivity contribution in [3.8, 4) is 5.75 Å². The molecular formula is C16H13Cl2NO2. The Morgan fingerprint density at radius 2 is 1.95 bits per heavy atom. The number of hydrogen-bond acceptors (Lipinski definition) is 2. The van der Waals surface area contributed by atoms with Crippen LogP contribution in [0.5, 0.6) is 5.75 Å². The molecule has 2 N–H and O–H groups in total. The first kappa shape index (κ1) is 15.4. The number of carbonyl (C=O) groups is 1. The van der Waals surface area contributed by atoms with Crippen molar-refractivity contribution in [1.82, 2.24) is 0 Å². The van der Waals surface area contributed by atoms with Crippen molar-refractivity contribution in [1.29, 1.82) is 0 Å². The number of hydrogen-bond donors (Lipinski definition) is 1. The van der Waals surface area contributed by atoms with E-state index in [1.807, 2.05) is 30.3 Å². The molecule has 0 saturated heterocycles. The third-order valence-electron chi connectivity index (χ3n) is 2.69. The number of halogens is 2. The first-order chi connectivity index (χ1) is 10.0. The lowest BCUT2D eigenvalue weighted by Gasteiger charge is -2.08. The summed E-state index contributed by atoms with van der Waals surface area (Å²) in [4.78, 5) is 10.7. The molecule has 0 fully saturated rings. The van der Waals surface area contributed by atoms with Crippen LogP contribution in [-0.2, 0) is 11.4 Å². The average Bonchev–Trinajstić information content (AvgIpc) is 2.47. The van der Waals surface area contributed by atoms with E-state index in [9.17, 15) is 4.79 Å². The van der Waals surface area contributed by atoms with Gasteiger partial charge < -0.3 is 10.5 Å². The summed E-state index contributed by atoms with van der Waals surface area (Å²) in [6, 6.07) is 12.7. The highest BCUT2D eigenvalue weighted by Crippen LogP contribution is 2.23. The molecule has 1 amide bonds. The molecule has 0 radical (unpaired) electrons. The molecule has 0 saturated carbocycles. The van der Waals surface area contributed by atoms with E-state index in [0.717, 1.165) is 11.1 Å². The van der Waals surface area contributed by atoms with E-state index in [-0.39, 0.29) is 0 Å². The third-order valence-corrected chi connectivity index (χ3v) is 3.43.